The molecule has 0 radical (unpaired) electrons. The molecule has 2 aromatic carbocycles. The average Bonchev–Trinajstić information content (AvgIpc) is 3.50. The summed E-state index contributed by atoms with van der Waals surface area (Å²) in [5.41, 5.74) is 2.95. The van der Waals surface area contributed by atoms with Gasteiger partial charge in [0.2, 0.25) is 0 Å². The average molecular weight is 429 g/mol. The lowest BCUT2D eigenvalue weighted by Gasteiger charge is -2.19. The first kappa shape index (κ1) is 21.0. The molecule has 0 bridgehead atoms. The lowest BCUT2D eigenvalue weighted by atomic mass is 10.0. The van der Waals surface area contributed by atoms with Gasteiger partial charge in [0.05, 0.1) is 19.4 Å². The highest BCUT2D eigenvalue weighted by Crippen LogP contribution is 2.27. The molecule has 1 atom stereocenters. The number of nitrogens with zero attached hydrogens (tertiary/aromatic N) is 4. The Morgan fingerprint density at radius 3 is 2.69 bits per heavy atom. The van der Waals surface area contributed by atoms with E-state index in [4.69, 9.17) is 9.15 Å². The summed E-state index contributed by atoms with van der Waals surface area (Å²) in [6.07, 6.45) is 3.15. The van der Waals surface area contributed by atoms with Crippen molar-refractivity contribution in [3.8, 4) is 17.1 Å². The van der Waals surface area contributed by atoms with Gasteiger partial charge in [0.25, 0.3) is 5.91 Å². The minimum absolute atomic E-state index is 0.224. The van der Waals surface area contributed by atoms with Crippen LogP contribution in [0, 0.1) is 6.92 Å². The number of rotatable bonds is 7. The summed E-state index contributed by atoms with van der Waals surface area (Å²) in [5, 5.41) is 15.0. The van der Waals surface area contributed by atoms with Gasteiger partial charge in [-0.2, -0.15) is 4.68 Å². The highest BCUT2D eigenvalue weighted by Gasteiger charge is 2.22. The molecular weight excluding hydrogens is 406 g/mol. The summed E-state index contributed by atoms with van der Waals surface area (Å²) in [6.45, 7) is 3.89. The van der Waals surface area contributed by atoms with Crippen LogP contribution in [-0.2, 0) is 4.79 Å². The van der Waals surface area contributed by atoms with Gasteiger partial charge in [-0.1, -0.05) is 48.0 Å². The van der Waals surface area contributed by atoms with Gasteiger partial charge in [0.1, 0.15) is 17.2 Å². The summed E-state index contributed by atoms with van der Waals surface area (Å²) in [4.78, 5) is 13.4. The molecule has 8 heteroatoms. The van der Waals surface area contributed by atoms with Crippen molar-refractivity contribution >= 4 is 17.7 Å². The molecule has 0 aliphatic rings. The second kappa shape index (κ2) is 9.30. The van der Waals surface area contributed by atoms with Crippen LogP contribution in [0.25, 0.3) is 23.2 Å². The van der Waals surface area contributed by atoms with Crippen molar-refractivity contribution in [2.45, 2.75) is 19.9 Å². The van der Waals surface area contributed by atoms with E-state index in [1.807, 2.05) is 62.4 Å². The molecule has 162 valence electrons. The number of methoxy groups -OCH3 is 1. The monoisotopic (exact) mass is 429 g/mol. The molecule has 1 amide bonds. The predicted octanol–water partition coefficient (Wildman–Crippen LogP) is 4.13. The first-order valence-electron chi connectivity index (χ1n) is 10.1. The molecule has 4 aromatic rings. The van der Waals surface area contributed by atoms with E-state index in [1.165, 1.54) is 4.68 Å². The number of aromatic nitrogens is 4. The number of furan rings is 1. The maximum absolute atomic E-state index is 13.4. The number of amides is 1. The van der Waals surface area contributed by atoms with Gasteiger partial charge in [0.15, 0.2) is 5.82 Å². The number of aryl methyl sites for hydroxylation is 1. The molecule has 4 rings (SSSR count). The zero-order chi connectivity index (χ0) is 22.5. The summed E-state index contributed by atoms with van der Waals surface area (Å²) in [5.74, 6) is 1.29. The molecule has 8 nitrogen and oxygen atoms in total. The zero-order valence-corrected chi connectivity index (χ0v) is 18.0. The van der Waals surface area contributed by atoms with Gasteiger partial charge in [0, 0.05) is 17.2 Å². The van der Waals surface area contributed by atoms with E-state index in [2.05, 4.69) is 20.8 Å². The van der Waals surface area contributed by atoms with Crippen molar-refractivity contribution in [2.24, 2.45) is 0 Å². The Hall–Kier alpha value is -4.20. The largest absolute Gasteiger partial charge is 0.496 e. The molecule has 1 N–H and O–H groups in total. The summed E-state index contributed by atoms with van der Waals surface area (Å²) >= 11 is 0. The van der Waals surface area contributed by atoms with Crippen molar-refractivity contribution in [3.05, 3.63) is 83.8 Å². The highest BCUT2D eigenvalue weighted by atomic mass is 16.5. The third kappa shape index (κ3) is 4.44. The van der Waals surface area contributed by atoms with E-state index >= 15 is 0 Å². The topological polar surface area (TPSA) is 95.1 Å². The summed E-state index contributed by atoms with van der Waals surface area (Å²) < 4.78 is 12.3. The Bertz CT molecular complexity index is 1230. The molecule has 0 fully saturated rings. The number of hydrogen-bond acceptors (Lipinski definition) is 6. The number of ether oxygens (including phenoxy) is 1. The van der Waals surface area contributed by atoms with E-state index in [0.29, 0.717) is 17.3 Å². The van der Waals surface area contributed by atoms with Crippen molar-refractivity contribution in [1.82, 2.24) is 25.5 Å². The van der Waals surface area contributed by atoms with Crippen LogP contribution >= 0.6 is 0 Å². The van der Waals surface area contributed by atoms with Crippen molar-refractivity contribution in [1.29, 1.82) is 0 Å². The normalized spacial score (nSPS) is 12.4. The third-order valence-corrected chi connectivity index (χ3v) is 4.98. The molecule has 2 heterocycles. The van der Waals surface area contributed by atoms with Crippen LogP contribution in [0.3, 0.4) is 0 Å². The summed E-state index contributed by atoms with van der Waals surface area (Å²) in [6, 6.07) is 18.5. The minimum atomic E-state index is -0.359. The predicted molar refractivity (Wildman–Crippen MR) is 120 cm³/mol. The number of hydrogen-bond donors (Lipinski definition) is 1. The van der Waals surface area contributed by atoms with Gasteiger partial charge in [-0.05, 0) is 42.5 Å². The van der Waals surface area contributed by atoms with E-state index < -0.39 is 0 Å². The molecule has 0 spiro atoms. The van der Waals surface area contributed by atoms with Crippen LogP contribution in [0.4, 0.5) is 0 Å². The van der Waals surface area contributed by atoms with Crippen molar-refractivity contribution in [3.63, 3.8) is 0 Å². The quantitative estimate of drug-likeness (QED) is 0.444. The van der Waals surface area contributed by atoms with Crippen molar-refractivity contribution in [2.75, 3.05) is 7.11 Å². The molecule has 2 aromatic heterocycles. The standard InChI is InChI=1S/C24H23N5O3/c1-16-11-12-22(31-3)20(14-16)17(2)25-24(30)21(15-19-10-7-13-32-19)29-23(26-27-28-29)18-8-5-4-6-9-18/h4-15,17H,1-3H3,(H,25,30)/b21-15-. The van der Waals surface area contributed by atoms with Crippen molar-refractivity contribution < 1.29 is 13.9 Å². The maximum atomic E-state index is 13.4. The van der Waals surface area contributed by atoms with Gasteiger partial charge in [-0.3, -0.25) is 4.79 Å². The lowest BCUT2D eigenvalue weighted by molar-refractivity contribution is -0.116. The van der Waals surface area contributed by atoms with Crippen LogP contribution in [-0.4, -0.2) is 33.2 Å². The molecule has 1 unspecified atom stereocenters. The van der Waals surface area contributed by atoms with Crippen LogP contribution in [0.5, 0.6) is 5.75 Å². The molecule has 0 aliphatic heterocycles. The number of nitrogens with one attached hydrogen (secondary N) is 1. The first-order chi connectivity index (χ1) is 15.6. The molecule has 0 saturated carbocycles. The summed E-state index contributed by atoms with van der Waals surface area (Å²) in [7, 11) is 1.61. The van der Waals surface area contributed by atoms with E-state index in [1.54, 1.807) is 31.6 Å². The maximum Gasteiger partial charge on any atom is 0.270 e. The Morgan fingerprint density at radius 1 is 1.16 bits per heavy atom. The van der Waals surface area contributed by atoms with Crippen LogP contribution in [0.1, 0.15) is 29.9 Å². The lowest BCUT2D eigenvalue weighted by Crippen LogP contribution is -2.30. The molecular formula is C24H23N5O3. The number of carbonyl (C=O) groups is 1. The Morgan fingerprint density at radius 2 is 1.97 bits per heavy atom. The first-order valence-corrected chi connectivity index (χ1v) is 10.1. The second-order valence-corrected chi connectivity index (χ2v) is 7.27. The third-order valence-electron chi connectivity index (χ3n) is 4.98. The second-order valence-electron chi connectivity index (χ2n) is 7.27. The van der Waals surface area contributed by atoms with Crippen LogP contribution in [0.15, 0.2) is 71.3 Å². The van der Waals surface area contributed by atoms with E-state index in [0.717, 1.165) is 16.7 Å². The fourth-order valence-corrected chi connectivity index (χ4v) is 3.39. The van der Waals surface area contributed by atoms with Crippen LogP contribution < -0.4 is 10.1 Å². The highest BCUT2D eigenvalue weighted by molar-refractivity contribution is 6.18. The SMILES string of the molecule is COc1ccc(C)cc1C(C)NC(=O)/C(=C/c1ccco1)n1nnnc1-c1ccccc1. The smallest absolute Gasteiger partial charge is 0.270 e. The minimum Gasteiger partial charge on any atom is -0.496 e. The Kier molecular flexibility index (Phi) is 6.12. The molecule has 0 saturated heterocycles. The van der Waals surface area contributed by atoms with Crippen LogP contribution in [0.2, 0.25) is 0 Å². The van der Waals surface area contributed by atoms with Gasteiger partial charge < -0.3 is 14.5 Å². The van der Waals surface area contributed by atoms with Gasteiger partial charge >= 0.3 is 0 Å². The Labute approximate surface area is 185 Å². The van der Waals surface area contributed by atoms with E-state index in [-0.39, 0.29) is 17.6 Å². The van der Waals surface area contributed by atoms with Gasteiger partial charge in [-0.15, -0.1) is 5.10 Å². The number of tetrazole rings is 1. The molecule has 32 heavy (non-hydrogen) atoms. The number of carbonyl (C=O) groups excluding carboxylic acids is 1. The van der Waals surface area contributed by atoms with E-state index in [9.17, 15) is 4.79 Å². The fraction of sp³-hybridized carbons (Fsp3) is 0.167. The number of benzene rings is 2. The zero-order valence-electron chi connectivity index (χ0n) is 18.0. The van der Waals surface area contributed by atoms with Gasteiger partial charge in [-0.25, -0.2) is 0 Å². The Balaban J connectivity index is 1.71. The molecule has 0 aliphatic carbocycles. The fourth-order valence-electron chi connectivity index (χ4n) is 3.39.